The molecule has 0 spiro atoms. The highest BCUT2D eigenvalue weighted by atomic mass is 32.1. The van der Waals surface area contributed by atoms with Crippen LogP contribution in [0.4, 0.5) is 5.69 Å². The van der Waals surface area contributed by atoms with E-state index in [1.165, 1.54) is 29.5 Å². The van der Waals surface area contributed by atoms with Gasteiger partial charge in [0.05, 0.1) is 4.88 Å². The Hall–Kier alpha value is -2.67. The molecule has 0 saturated heterocycles. The number of amides is 3. The number of carbonyl (C=O) groups excluding carboxylic acids is 3. The van der Waals surface area contributed by atoms with E-state index in [1.807, 2.05) is 0 Å². The summed E-state index contributed by atoms with van der Waals surface area (Å²) in [5, 5.41) is 4.36. The average molecular weight is 289 g/mol. The number of nitrogens with one attached hydrogen (secondary N) is 1. The van der Waals surface area contributed by atoms with E-state index in [9.17, 15) is 14.4 Å². The first-order valence-corrected chi connectivity index (χ1v) is 6.45. The van der Waals surface area contributed by atoms with E-state index in [2.05, 4.69) is 5.32 Å². The summed E-state index contributed by atoms with van der Waals surface area (Å²) >= 11 is 1.28. The lowest BCUT2D eigenvalue weighted by Crippen LogP contribution is -2.17. The van der Waals surface area contributed by atoms with Crippen LogP contribution in [0.5, 0.6) is 0 Å². The molecule has 0 aliphatic carbocycles. The Labute approximate surface area is 118 Å². The molecule has 0 aliphatic heterocycles. The van der Waals surface area contributed by atoms with Crippen LogP contribution < -0.4 is 16.8 Å². The minimum Gasteiger partial charge on any atom is -0.366 e. The molecule has 2 rings (SSSR count). The largest absolute Gasteiger partial charge is 0.366 e. The number of carbonyl (C=O) groups is 3. The summed E-state index contributed by atoms with van der Waals surface area (Å²) in [7, 11) is 0. The van der Waals surface area contributed by atoms with Crippen molar-refractivity contribution >= 4 is 34.7 Å². The SMILES string of the molecule is NC(=O)c1cc(NC(=O)c2cccs2)cc(C(N)=O)c1. The number of primary amides is 2. The Kier molecular flexibility index (Phi) is 3.81. The molecule has 0 radical (unpaired) electrons. The van der Waals surface area contributed by atoms with Crippen molar-refractivity contribution in [3.63, 3.8) is 0 Å². The molecule has 1 heterocycles. The molecule has 5 N–H and O–H groups in total. The molecule has 7 heteroatoms. The quantitative estimate of drug-likeness (QED) is 0.785. The second-order valence-electron chi connectivity index (χ2n) is 3.96. The van der Waals surface area contributed by atoms with Crippen molar-refractivity contribution in [2.24, 2.45) is 11.5 Å². The molecule has 3 amide bonds. The van der Waals surface area contributed by atoms with Gasteiger partial charge >= 0.3 is 0 Å². The van der Waals surface area contributed by atoms with E-state index in [0.29, 0.717) is 4.88 Å². The van der Waals surface area contributed by atoms with E-state index in [1.54, 1.807) is 17.5 Å². The predicted molar refractivity (Wildman–Crippen MR) is 75.8 cm³/mol. The zero-order valence-corrected chi connectivity index (χ0v) is 11.1. The fourth-order valence-electron chi connectivity index (χ4n) is 1.58. The van der Waals surface area contributed by atoms with Crippen LogP contribution in [-0.2, 0) is 0 Å². The van der Waals surface area contributed by atoms with Gasteiger partial charge in [-0.15, -0.1) is 11.3 Å². The van der Waals surface area contributed by atoms with Crippen LogP contribution in [0, 0.1) is 0 Å². The topological polar surface area (TPSA) is 115 Å². The molecule has 0 atom stereocenters. The van der Waals surface area contributed by atoms with Crippen LogP contribution in [0.2, 0.25) is 0 Å². The van der Waals surface area contributed by atoms with Gasteiger partial charge in [0.1, 0.15) is 0 Å². The molecule has 1 aromatic carbocycles. The van der Waals surface area contributed by atoms with Gasteiger partial charge in [-0.2, -0.15) is 0 Å². The number of rotatable bonds is 4. The molecule has 6 nitrogen and oxygen atoms in total. The van der Waals surface area contributed by atoms with Crippen LogP contribution in [0.3, 0.4) is 0 Å². The highest BCUT2D eigenvalue weighted by Crippen LogP contribution is 2.17. The number of benzene rings is 1. The molecule has 20 heavy (non-hydrogen) atoms. The summed E-state index contributed by atoms with van der Waals surface area (Å²) in [5.41, 5.74) is 10.8. The van der Waals surface area contributed by atoms with E-state index in [4.69, 9.17) is 11.5 Å². The van der Waals surface area contributed by atoms with Gasteiger partial charge in [0.2, 0.25) is 11.8 Å². The molecular weight excluding hydrogens is 278 g/mol. The van der Waals surface area contributed by atoms with Crippen molar-refractivity contribution in [1.29, 1.82) is 0 Å². The molecule has 0 fully saturated rings. The van der Waals surface area contributed by atoms with Crippen LogP contribution >= 0.6 is 11.3 Å². The van der Waals surface area contributed by atoms with Crippen molar-refractivity contribution < 1.29 is 14.4 Å². The van der Waals surface area contributed by atoms with Crippen LogP contribution in [0.25, 0.3) is 0 Å². The molecular formula is C13H11N3O3S. The van der Waals surface area contributed by atoms with E-state index in [-0.39, 0.29) is 22.7 Å². The van der Waals surface area contributed by atoms with Crippen molar-refractivity contribution in [3.8, 4) is 0 Å². The van der Waals surface area contributed by atoms with Crippen molar-refractivity contribution in [1.82, 2.24) is 0 Å². The monoisotopic (exact) mass is 289 g/mol. The van der Waals surface area contributed by atoms with E-state index >= 15 is 0 Å². The molecule has 1 aromatic heterocycles. The summed E-state index contributed by atoms with van der Waals surface area (Å²) in [6.45, 7) is 0. The highest BCUT2D eigenvalue weighted by Gasteiger charge is 2.12. The second-order valence-corrected chi connectivity index (χ2v) is 4.91. The summed E-state index contributed by atoms with van der Waals surface area (Å²) in [5.74, 6) is -1.75. The minimum absolute atomic E-state index is 0.0998. The van der Waals surface area contributed by atoms with Crippen molar-refractivity contribution in [2.75, 3.05) is 5.32 Å². The standard InChI is InChI=1S/C13H11N3O3S/c14-11(17)7-4-8(12(15)18)6-9(5-7)16-13(19)10-2-1-3-20-10/h1-6H,(H2,14,17)(H2,15,18)(H,16,19). The van der Waals surface area contributed by atoms with Gasteiger partial charge in [0.25, 0.3) is 5.91 Å². The van der Waals surface area contributed by atoms with Gasteiger partial charge in [-0.05, 0) is 29.6 Å². The summed E-state index contributed by atoms with van der Waals surface area (Å²) in [6.07, 6.45) is 0. The first kappa shape index (κ1) is 13.8. The van der Waals surface area contributed by atoms with Crippen molar-refractivity contribution in [3.05, 3.63) is 51.7 Å². The number of anilines is 1. The van der Waals surface area contributed by atoms with E-state index in [0.717, 1.165) is 0 Å². The normalized spacial score (nSPS) is 10.0. The maximum Gasteiger partial charge on any atom is 0.265 e. The lowest BCUT2D eigenvalue weighted by atomic mass is 10.1. The lowest BCUT2D eigenvalue weighted by molar-refractivity contribution is 0.0994. The fourth-order valence-corrected chi connectivity index (χ4v) is 2.20. The molecule has 0 bridgehead atoms. The third kappa shape index (κ3) is 3.01. The third-order valence-electron chi connectivity index (χ3n) is 2.50. The average Bonchev–Trinajstić information content (AvgIpc) is 2.92. The number of nitrogens with two attached hydrogens (primary N) is 2. The minimum atomic E-state index is -0.709. The first-order chi connectivity index (χ1) is 9.47. The zero-order valence-electron chi connectivity index (χ0n) is 10.3. The Morgan fingerprint density at radius 2 is 1.60 bits per heavy atom. The Morgan fingerprint density at radius 3 is 2.05 bits per heavy atom. The van der Waals surface area contributed by atoms with Gasteiger partial charge in [-0.3, -0.25) is 14.4 Å². The third-order valence-corrected chi connectivity index (χ3v) is 3.37. The second kappa shape index (κ2) is 5.54. The summed E-state index contributed by atoms with van der Waals surface area (Å²) in [4.78, 5) is 34.8. The maximum absolute atomic E-state index is 11.9. The number of hydrogen-bond donors (Lipinski definition) is 3. The van der Waals surface area contributed by atoms with Crippen LogP contribution in [-0.4, -0.2) is 17.7 Å². The van der Waals surface area contributed by atoms with Crippen molar-refractivity contribution in [2.45, 2.75) is 0 Å². The van der Waals surface area contributed by atoms with Gasteiger partial charge in [0.15, 0.2) is 0 Å². The van der Waals surface area contributed by atoms with Gasteiger partial charge in [-0.25, -0.2) is 0 Å². The van der Waals surface area contributed by atoms with E-state index < -0.39 is 11.8 Å². The smallest absolute Gasteiger partial charge is 0.265 e. The molecule has 0 aliphatic rings. The van der Waals surface area contributed by atoms with Gasteiger partial charge in [-0.1, -0.05) is 6.07 Å². The maximum atomic E-state index is 11.9. The molecule has 0 saturated carbocycles. The first-order valence-electron chi connectivity index (χ1n) is 5.57. The van der Waals surface area contributed by atoms with Gasteiger partial charge in [0, 0.05) is 16.8 Å². The molecule has 102 valence electrons. The zero-order chi connectivity index (χ0) is 14.7. The lowest BCUT2D eigenvalue weighted by Gasteiger charge is -2.07. The fraction of sp³-hybridized carbons (Fsp3) is 0. The summed E-state index contributed by atoms with van der Waals surface area (Å²) < 4.78 is 0. The van der Waals surface area contributed by atoms with Crippen LogP contribution in [0.1, 0.15) is 30.4 Å². The predicted octanol–water partition coefficient (Wildman–Crippen LogP) is 1.20. The Balaban J connectivity index is 2.33. The Bertz CT molecular complexity index is 648. The van der Waals surface area contributed by atoms with Crippen LogP contribution in [0.15, 0.2) is 35.7 Å². The summed E-state index contributed by atoms with van der Waals surface area (Å²) in [6, 6.07) is 7.47. The number of thiophene rings is 1. The molecule has 2 aromatic rings. The highest BCUT2D eigenvalue weighted by molar-refractivity contribution is 7.12. The molecule has 0 unspecified atom stereocenters. The number of hydrogen-bond acceptors (Lipinski definition) is 4. The Morgan fingerprint density at radius 1 is 1.00 bits per heavy atom. The van der Waals surface area contributed by atoms with Gasteiger partial charge < -0.3 is 16.8 Å².